The molecule has 2 rings (SSSR count). The number of rotatable bonds is 4. The molecule has 19 heavy (non-hydrogen) atoms. The third-order valence-corrected chi connectivity index (χ3v) is 3.26. The van der Waals surface area contributed by atoms with E-state index in [0.717, 1.165) is 31.5 Å². The lowest BCUT2D eigenvalue weighted by atomic mass is 10.2. The van der Waals surface area contributed by atoms with Crippen LogP contribution < -0.4 is 5.32 Å². The Bertz CT molecular complexity index is 468. The number of nitrogens with one attached hydrogen (secondary N) is 1. The normalized spacial score (nSPS) is 19.6. The first-order valence-corrected chi connectivity index (χ1v) is 6.20. The molecule has 1 saturated heterocycles. The van der Waals surface area contributed by atoms with Crippen LogP contribution in [-0.2, 0) is 4.79 Å². The van der Waals surface area contributed by atoms with E-state index in [1.165, 1.54) is 6.07 Å². The molecule has 0 bridgehead atoms. The highest BCUT2D eigenvalue weighted by Crippen LogP contribution is 2.18. The molecule has 0 saturated carbocycles. The fourth-order valence-corrected chi connectivity index (χ4v) is 2.28. The van der Waals surface area contributed by atoms with Crippen LogP contribution in [0.1, 0.15) is 12.8 Å². The molecular formula is C13H16F2N2O2. The Kier molecular flexibility index (Phi) is 4.44. The highest BCUT2D eigenvalue weighted by atomic mass is 19.1. The van der Waals surface area contributed by atoms with E-state index in [1.807, 2.05) is 4.90 Å². The van der Waals surface area contributed by atoms with E-state index in [-0.39, 0.29) is 30.8 Å². The lowest BCUT2D eigenvalue weighted by Gasteiger charge is -2.21. The average molecular weight is 270 g/mol. The molecule has 0 aliphatic carbocycles. The number of nitrogens with zero attached hydrogens (tertiary/aromatic N) is 1. The largest absolute Gasteiger partial charge is 0.395 e. The molecule has 1 atom stereocenters. The monoisotopic (exact) mass is 270 g/mol. The fourth-order valence-electron chi connectivity index (χ4n) is 2.28. The topological polar surface area (TPSA) is 52.6 Å². The molecular weight excluding hydrogens is 254 g/mol. The van der Waals surface area contributed by atoms with Crippen molar-refractivity contribution in [3.63, 3.8) is 0 Å². The summed E-state index contributed by atoms with van der Waals surface area (Å²) in [5.74, 6) is -1.85. The van der Waals surface area contributed by atoms with Gasteiger partial charge in [0, 0.05) is 12.1 Å². The van der Waals surface area contributed by atoms with E-state index in [1.54, 1.807) is 0 Å². The zero-order valence-electron chi connectivity index (χ0n) is 10.4. The van der Waals surface area contributed by atoms with Gasteiger partial charge in [-0.25, -0.2) is 8.78 Å². The van der Waals surface area contributed by atoms with Gasteiger partial charge in [-0.2, -0.15) is 0 Å². The van der Waals surface area contributed by atoms with Crippen molar-refractivity contribution in [3.8, 4) is 0 Å². The Labute approximate surface area is 110 Å². The van der Waals surface area contributed by atoms with Crippen LogP contribution in [0.5, 0.6) is 0 Å². The zero-order chi connectivity index (χ0) is 13.8. The highest BCUT2D eigenvalue weighted by Gasteiger charge is 2.25. The molecule has 104 valence electrons. The summed E-state index contributed by atoms with van der Waals surface area (Å²) in [6.07, 6.45) is 1.79. The average Bonchev–Trinajstić information content (AvgIpc) is 2.80. The summed E-state index contributed by atoms with van der Waals surface area (Å²) in [5.41, 5.74) is -0.0360. The van der Waals surface area contributed by atoms with Crippen molar-refractivity contribution in [2.75, 3.05) is 25.0 Å². The number of carbonyl (C=O) groups is 1. The molecule has 1 aromatic rings. The molecule has 2 N–H and O–H groups in total. The summed E-state index contributed by atoms with van der Waals surface area (Å²) in [6, 6.07) is 2.99. The van der Waals surface area contributed by atoms with Crippen molar-refractivity contribution in [3.05, 3.63) is 29.8 Å². The number of anilines is 1. The molecule has 1 aliphatic heterocycles. The third kappa shape index (κ3) is 3.48. The Morgan fingerprint density at radius 3 is 2.95 bits per heavy atom. The summed E-state index contributed by atoms with van der Waals surface area (Å²) >= 11 is 0. The SMILES string of the molecule is O=C(CN1CCC[C@@H]1CO)Nc1ccc(F)cc1F. The molecule has 0 radical (unpaired) electrons. The quantitative estimate of drug-likeness (QED) is 0.868. The van der Waals surface area contributed by atoms with Crippen LogP contribution in [0.4, 0.5) is 14.5 Å². The van der Waals surface area contributed by atoms with E-state index in [0.29, 0.717) is 0 Å². The van der Waals surface area contributed by atoms with Crippen molar-refractivity contribution >= 4 is 11.6 Å². The second-order valence-electron chi connectivity index (χ2n) is 4.62. The van der Waals surface area contributed by atoms with Gasteiger partial charge in [-0.1, -0.05) is 0 Å². The number of likely N-dealkylation sites (tertiary alicyclic amines) is 1. The van der Waals surface area contributed by atoms with E-state index >= 15 is 0 Å². The van der Waals surface area contributed by atoms with Gasteiger partial charge in [0.05, 0.1) is 18.8 Å². The van der Waals surface area contributed by atoms with Crippen LogP contribution in [0.25, 0.3) is 0 Å². The maximum absolute atomic E-state index is 13.4. The van der Waals surface area contributed by atoms with Gasteiger partial charge in [0.25, 0.3) is 0 Å². The predicted molar refractivity (Wildman–Crippen MR) is 66.7 cm³/mol. The first-order valence-electron chi connectivity index (χ1n) is 6.20. The van der Waals surface area contributed by atoms with E-state index in [9.17, 15) is 13.6 Å². The summed E-state index contributed by atoms with van der Waals surface area (Å²) in [5, 5.41) is 11.5. The summed E-state index contributed by atoms with van der Waals surface area (Å²) in [4.78, 5) is 13.6. The Morgan fingerprint density at radius 1 is 1.47 bits per heavy atom. The molecule has 1 amide bonds. The van der Waals surface area contributed by atoms with Gasteiger partial charge >= 0.3 is 0 Å². The standard InChI is InChI=1S/C13H16F2N2O2/c14-9-3-4-12(11(15)6-9)16-13(19)7-17-5-1-2-10(17)8-18/h3-4,6,10,18H,1-2,5,7-8H2,(H,16,19)/t10-/m1/s1. The number of aliphatic hydroxyl groups is 1. The number of amides is 1. The lowest BCUT2D eigenvalue weighted by Crippen LogP contribution is -2.38. The minimum absolute atomic E-state index is 0.0104. The molecule has 1 aliphatic rings. The van der Waals surface area contributed by atoms with Gasteiger partial charge in [-0.05, 0) is 31.5 Å². The Balaban J connectivity index is 1.94. The van der Waals surface area contributed by atoms with Gasteiger partial charge in [0.2, 0.25) is 5.91 Å². The number of halogens is 2. The van der Waals surface area contributed by atoms with E-state index < -0.39 is 11.6 Å². The molecule has 0 unspecified atom stereocenters. The van der Waals surface area contributed by atoms with Crippen LogP contribution >= 0.6 is 0 Å². The van der Waals surface area contributed by atoms with Crippen LogP contribution in [-0.4, -0.2) is 41.7 Å². The predicted octanol–water partition coefficient (Wildman–Crippen LogP) is 1.36. The molecule has 1 heterocycles. The van der Waals surface area contributed by atoms with Crippen LogP contribution in [0.15, 0.2) is 18.2 Å². The molecule has 0 spiro atoms. The smallest absolute Gasteiger partial charge is 0.238 e. The Morgan fingerprint density at radius 2 is 2.26 bits per heavy atom. The van der Waals surface area contributed by atoms with Gasteiger partial charge in [0.15, 0.2) is 0 Å². The maximum Gasteiger partial charge on any atom is 0.238 e. The number of aliphatic hydroxyl groups excluding tert-OH is 1. The molecule has 0 aromatic heterocycles. The van der Waals surface area contributed by atoms with Gasteiger partial charge < -0.3 is 10.4 Å². The summed E-state index contributed by atoms with van der Waals surface area (Å²) < 4.78 is 26.1. The first-order chi connectivity index (χ1) is 9.10. The van der Waals surface area contributed by atoms with E-state index in [2.05, 4.69) is 5.32 Å². The van der Waals surface area contributed by atoms with Crippen molar-refractivity contribution in [1.29, 1.82) is 0 Å². The summed E-state index contributed by atoms with van der Waals surface area (Å²) in [7, 11) is 0. The number of hydrogen-bond acceptors (Lipinski definition) is 3. The van der Waals surface area contributed by atoms with Gasteiger partial charge in [-0.15, -0.1) is 0 Å². The minimum Gasteiger partial charge on any atom is -0.395 e. The van der Waals surface area contributed by atoms with Crippen molar-refractivity contribution in [2.24, 2.45) is 0 Å². The van der Waals surface area contributed by atoms with Gasteiger partial charge in [0.1, 0.15) is 11.6 Å². The van der Waals surface area contributed by atoms with Crippen molar-refractivity contribution < 1.29 is 18.7 Å². The minimum atomic E-state index is -0.798. The molecule has 6 heteroatoms. The molecule has 1 aromatic carbocycles. The molecule has 1 fully saturated rings. The second-order valence-corrected chi connectivity index (χ2v) is 4.62. The highest BCUT2D eigenvalue weighted by molar-refractivity contribution is 5.92. The number of benzene rings is 1. The van der Waals surface area contributed by atoms with E-state index in [4.69, 9.17) is 5.11 Å². The van der Waals surface area contributed by atoms with Crippen LogP contribution in [0.3, 0.4) is 0 Å². The first kappa shape index (κ1) is 13.9. The zero-order valence-corrected chi connectivity index (χ0v) is 10.4. The number of hydrogen-bond donors (Lipinski definition) is 2. The summed E-state index contributed by atoms with van der Waals surface area (Å²) in [6.45, 7) is 0.852. The van der Waals surface area contributed by atoms with Crippen molar-refractivity contribution in [1.82, 2.24) is 4.90 Å². The van der Waals surface area contributed by atoms with Gasteiger partial charge in [-0.3, -0.25) is 9.69 Å². The number of carbonyl (C=O) groups excluding carboxylic acids is 1. The molecule has 4 nitrogen and oxygen atoms in total. The second kappa shape index (κ2) is 6.08. The maximum atomic E-state index is 13.4. The third-order valence-electron chi connectivity index (χ3n) is 3.26. The fraction of sp³-hybridized carbons (Fsp3) is 0.462. The van der Waals surface area contributed by atoms with Crippen molar-refractivity contribution in [2.45, 2.75) is 18.9 Å². The van der Waals surface area contributed by atoms with Crippen LogP contribution in [0, 0.1) is 11.6 Å². The lowest BCUT2D eigenvalue weighted by molar-refractivity contribution is -0.117. The Hall–Kier alpha value is -1.53. The van der Waals surface area contributed by atoms with Crippen LogP contribution in [0.2, 0.25) is 0 Å².